The third-order valence-corrected chi connectivity index (χ3v) is 3.97. The van der Waals surface area contributed by atoms with Crippen molar-refractivity contribution < 1.29 is 22.8 Å². The minimum atomic E-state index is -4.43. The lowest BCUT2D eigenvalue weighted by molar-refractivity contribution is -0.137. The van der Waals surface area contributed by atoms with Gasteiger partial charge in [-0.3, -0.25) is 9.59 Å². The number of amides is 2. The number of alkyl halides is 3. The average Bonchev–Trinajstić information content (AvgIpc) is 3.03. The van der Waals surface area contributed by atoms with Gasteiger partial charge in [-0.2, -0.15) is 13.2 Å². The number of carbonyl (C=O) groups excluding carboxylic acids is 2. The van der Waals surface area contributed by atoms with Gasteiger partial charge in [-0.05, 0) is 35.9 Å². The van der Waals surface area contributed by atoms with E-state index < -0.39 is 17.6 Å². The molecule has 8 heteroatoms. The molecule has 1 aromatic heterocycles. The summed E-state index contributed by atoms with van der Waals surface area (Å²) in [6.45, 7) is -0.276. The van der Waals surface area contributed by atoms with Crippen LogP contribution in [0.2, 0.25) is 0 Å². The summed E-state index contributed by atoms with van der Waals surface area (Å²) in [5.74, 6) is -0.857. The van der Waals surface area contributed by atoms with Crippen LogP contribution in [-0.4, -0.2) is 23.3 Å². The third kappa shape index (κ3) is 4.66. The number of aromatic amines is 1. The van der Waals surface area contributed by atoms with Crippen LogP contribution in [0.4, 0.5) is 18.9 Å². The first kappa shape index (κ1) is 18.5. The smallest absolute Gasteiger partial charge is 0.361 e. The van der Waals surface area contributed by atoms with E-state index in [1.54, 1.807) is 6.20 Å². The SMILES string of the molecule is O=C(Cc1c[nH]c2ccccc12)NCC(=O)Nc1ccc(C(F)(F)F)cc1. The van der Waals surface area contributed by atoms with Gasteiger partial charge in [0, 0.05) is 22.8 Å². The predicted octanol–water partition coefficient (Wildman–Crippen LogP) is 3.48. The number of halogens is 3. The zero-order valence-corrected chi connectivity index (χ0v) is 14.1. The van der Waals surface area contributed by atoms with E-state index in [2.05, 4.69) is 15.6 Å². The van der Waals surface area contributed by atoms with Gasteiger partial charge in [0.25, 0.3) is 0 Å². The van der Waals surface area contributed by atoms with E-state index in [0.29, 0.717) is 0 Å². The molecule has 0 bridgehead atoms. The number of hydrogen-bond donors (Lipinski definition) is 3. The van der Waals surface area contributed by atoms with Gasteiger partial charge in [0.2, 0.25) is 11.8 Å². The molecule has 2 aromatic carbocycles. The van der Waals surface area contributed by atoms with Crippen molar-refractivity contribution in [3.8, 4) is 0 Å². The van der Waals surface area contributed by atoms with Gasteiger partial charge in [0.05, 0.1) is 18.5 Å². The van der Waals surface area contributed by atoms with Gasteiger partial charge in [0.15, 0.2) is 0 Å². The van der Waals surface area contributed by atoms with Crippen molar-refractivity contribution in [1.82, 2.24) is 10.3 Å². The standard InChI is InChI=1S/C19H16F3N3O2/c20-19(21,22)13-5-7-14(8-6-13)25-18(27)11-24-17(26)9-12-10-23-16-4-2-1-3-15(12)16/h1-8,10,23H,9,11H2,(H,24,26)(H,25,27). The summed E-state index contributed by atoms with van der Waals surface area (Å²) in [6.07, 6.45) is -2.58. The molecule has 0 saturated carbocycles. The topological polar surface area (TPSA) is 74.0 Å². The molecule has 0 aliphatic heterocycles. The molecule has 0 radical (unpaired) electrons. The lowest BCUT2D eigenvalue weighted by Gasteiger charge is -2.09. The minimum absolute atomic E-state index is 0.109. The molecule has 3 N–H and O–H groups in total. The Kier molecular flexibility index (Phi) is 5.16. The van der Waals surface area contributed by atoms with Crippen LogP contribution in [0.1, 0.15) is 11.1 Å². The monoisotopic (exact) mass is 375 g/mol. The first-order chi connectivity index (χ1) is 12.8. The van der Waals surface area contributed by atoms with E-state index in [9.17, 15) is 22.8 Å². The number of rotatable bonds is 5. The Balaban J connectivity index is 1.51. The lowest BCUT2D eigenvalue weighted by atomic mass is 10.1. The number of aromatic nitrogens is 1. The Hall–Kier alpha value is -3.29. The molecule has 140 valence electrons. The Labute approximate surface area is 152 Å². The minimum Gasteiger partial charge on any atom is -0.361 e. The molecule has 3 aromatic rings. The number of nitrogens with one attached hydrogen (secondary N) is 3. The van der Waals surface area contributed by atoms with E-state index >= 15 is 0 Å². The molecule has 1 heterocycles. The van der Waals surface area contributed by atoms with Crippen LogP contribution in [-0.2, 0) is 22.2 Å². The van der Waals surface area contributed by atoms with Crippen molar-refractivity contribution in [3.63, 3.8) is 0 Å². The summed E-state index contributed by atoms with van der Waals surface area (Å²) in [6, 6.07) is 11.6. The maximum Gasteiger partial charge on any atom is 0.416 e. The van der Waals surface area contributed by atoms with Crippen molar-refractivity contribution in [2.24, 2.45) is 0 Å². The second-order valence-electron chi connectivity index (χ2n) is 5.94. The fourth-order valence-electron chi connectivity index (χ4n) is 2.64. The van der Waals surface area contributed by atoms with Gasteiger partial charge < -0.3 is 15.6 Å². The lowest BCUT2D eigenvalue weighted by Crippen LogP contribution is -2.33. The molecule has 0 fully saturated rings. The zero-order chi connectivity index (χ0) is 19.4. The summed E-state index contributed by atoms with van der Waals surface area (Å²) in [5.41, 5.74) is 1.15. The summed E-state index contributed by atoms with van der Waals surface area (Å²) < 4.78 is 37.5. The zero-order valence-electron chi connectivity index (χ0n) is 14.1. The van der Waals surface area contributed by atoms with Crippen LogP contribution in [0.5, 0.6) is 0 Å². The predicted molar refractivity (Wildman–Crippen MR) is 95.1 cm³/mol. The average molecular weight is 375 g/mol. The summed E-state index contributed by atoms with van der Waals surface area (Å²) in [4.78, 5) is 27.0. The number of anilines is 1. The Morgan fingerprint density at radius 1 is 0.963 bits per heavy atom. The number of para-hydroxylation sites is 1. The van der Waals surface area contributed by atoms with Crippen molar-refractivity contribution >= 4 is 28.4 Å². The van der Waals surface area contributed by atoms with Gasteiger partial charge in [0.1, 0.15) is 0 Å². The number of fused-ring (bicyclic) bond motifs is 1. The molecule has 2 amide bonds. The first-order valence-electron chi connectivity index (χ1n) is 8.12. The van der Waals surface area contributed by atoms with E-state index in [-0.39, 0.29) is 24.6 Å². The van der Waals surface area contributed by atoms with Crippen LogP contribution in [0, 0.1) is 0 Å². The van der Waals surface area contributed by atoms with E-state index in [4.69, 9.17) is 0 Å². The molecule has 3 rings (SSSR count). The molecule has 5 nitrogen and oxygen atoms in total. The molecule has 0 spiro atoms. The van der Waals surface area contributed by atoms with Gasteiger partial charge >= 0.3 is 6.18 Å². The summed E-state index contributed by atoms with van der Waals surface area (Å²) >= 11 is 0. The molecular weight excluding hydrogens is 359 g/mol. The number of H-pyrrole nitrogens is 1. The fraction of sp³-hybridized carbons (Fsp3) is 0.158. The Bertz CT molecular complexity index is 962. The molecule has 0 saturated heterocycles. The molecule has 0 atom stereocenters. The normalized spacial score (nSPS) is 11.4. The van der Waals surface area contributed by atoms with E-state index in [1.807, 2.05) is 24.3 Å². The second-order valence-corrected chi connectivity index (χ2v) is 5.94. The first-order valence-corrected chi connectivity index (χ1v) is 8.12. The van der Waals surface area contributed by atoms with Crippen LogP contribution < -0.4 is 10.6 Å². The van der Waals surface area contributed by atoms with Crippen molar-refractivity contribution in [1.29, 1.82) is 0 Å². The van der Waals surface area contributed by atoms with Gasteiger partial charge in [-0.15, -0.1) is 0 Å². The second kappa shape index (κ2) is 7.53. The summed E-state index contributed by atoms with van der Waals surface area (Å²) in [5, 5.41) is 5.87. The van der Waals surface area contributed by atoms with E-state index in [1.165, 1.54) is 0 Å². The largest absolute Gasteiger partial charge is 0.416 e. The molecule has 0 unspecified atom stereocenters. The van der Waals surface area contributed by atoms with Gasteiger partial charge in [-0.1, -0.05) is 18.2 Å². The number of carbonyl (C=O) groups is 2. The summed E-state index contributed by atoms with van der Waals surface area (Å²) in [7, 11) is 0. The maximum absolute atomic E-state index is 12.5. The number of benzene rings is 2. The molecule has 0 aliphatic carbocycles. The molecule has 27 heavy (non-hydrogen) atoms. The highest BCUT2D eigenvalue weighted by atomic mass is 19.4. The van der Waals surface area contributed by atoms with E-state index in [0.717, 1.165) is 40.7 Å². The quantitative estimate of drug-likeness (QED) is 0.639. The number of hydrogen-bond acceptors (Lipinski definition) is 2. The van der Waals surface area contributed by atoms with Crippen molar-refractivity contribution in [2.45, 2.75) is 12.6 Å². The van der Waals surface area contributed by atoms with Crippen LogP contribution >= 0.6 is 0 Å². The third-order valence-electron chi connectivity index (χ3n) is 3.97. The van der Waals surface area contributed by atoms with Crippen LogP contribution in [0.3, 0.4) is 0 Å². The molecule has 0 aliphatic rings. The molecular formula is C19H16F3N3O2. The van der Waals surface area contributed by atoms with Crippen molar-refractivity contribution in [3.05, 3.63) is 65.9 Å². The van der Waals surface area contributed by atoms with Crippen molar-refractivity contribution in [2.75, 3.05) is 11.9 Å². The van der Waals surface area contributed by atoms with Gasteiger partial charge in [-0.25, -0.2) is 0 Å². The Morgan fingerprint density at radius 3 is 2.37 bits per heavy atom. The fourth-order valence-corrected chi connectivity index (χ4v) is 2.64. The maximum atomic E-state index is 12.5. The highest BCUT2D eigenvalue weighted by Crippen LogP contribution is 2.29. The van der Waals surface area contributed by atoms with Crippen LogP contribution in [0.15, 0.2) is 54.7 Å². The van der Waals surface area contributed by atoms with Crippen LogP contribution in [0.25, 0.3) is 10.9 Å². The highest BCUT2D eigenvalue weighted by Gasteiger charge is 2.29. The Morgan fingerprint density at radius 2 is 1.67 bits per heavy atom. The highest BCUT2D eigenvalue weighted by molar-refractivity contribution is 5.95.